The van der Waals surface area contributed by atoms with Gasteiger partial charge in [0.15, 0.2) is 5.96 Å². The number of hydrogen-bond donors (Lipinski definition) is 1. The van der Waals surface area contributed by atoms with E-state index in [-0.39, 0.29) is 24.0 Å². The number of guanidine groups is 1. The van der Waals surface area contributed by atoms with E-state index in [1.807, 2.05) is 48.3 Å². The molecule has 1 aromatic carbocycles. The van der Waals surface area contributed by atoms with Crippen LogP contribution in [0.2, 0.25) is 5.02 Å². The maximum Gasteiger partial charge on any atom is 0.213 e. The molecular formula is C17H22ClIN4O. The Morgan fingerprint density at radius 3 is 2.75 bits per heavy atom. The van der Waals surface area contributed by atoms with Crippen molar-refractivity contribution in [3.8, 4) is 5.88 Å². The van der Waals surface area contributed by atoms with Gasteiger partial charge in [-0.3, -0.25) is 4.99 Å². The lowest BCUT2D eigenvalue weighted by Crippen LogP contribution is -2.38. The topological polar surface area (TPSA) is 49.8 Å². The number of halogens is 2. The van der Waals surface area contributed by atoms with Crippen LogP contribution in [0.25, 0.3) is 0 Å². The van der Waals surface area contributed by atoms with Crippen molar-refractivity contribution in [2.45, 2.75) is 13.1 Å². The maximum absolute atomic E-state index is 6.03. The Kier molecular flexibility index (Phi) is 8.84. The number of pyridine rings is 1. The first kappa shape index (κ1) is 20.5. The van der Waals surface area contributed by atoms with Gasteiger partial charge in [0, 0.05) is 44.5 Å². The monoisotopic (exact) mass is 460 g/mol. The van der Waals surface area contributed by atoms with E-state index in [1.54, 1.807) is 20.4 Å². The molecule has 5 nitrogen and oxygen atoms in total. The van der Waals surface area contributed by atoms with Crippen LogP contribution in [0, 0.1) is 0 Å². The lowest BCUT2D eigenvalue weighted by Gasteiger charge is -2.22. The summed E-state index contributed by atoms with van der Waals surface area (Å²) in [5, 5.41) is 4.07. The van der Waals surface area contributed by atoms with Gasteiger partial charge in [0.1, 0.15) is 0 Å². The van der Waals surface area contributed by atoms with Crippen LogP contribution in [0.15, 0.2) is 47.6 Å². The predicted octanol–water partition coefficient (Wildman–Crippen LogP) is 3.57. The molecule has 0 spiro atoms. The Balaban J connectivity index is 0.00000288. The van der Waals surface area contributed by atoms with E-state index >= 15 is 0 Å². The van der Waals surface area contributed by atoms with Crippen molar-refractivity contribution in [3.05, 3.63) is 58.7 Å². The average Bonchev–Trinajstić information content (AvgIpc) is 2.55. The minimum Gasteiger partial charge on any atom is -0.481 e. The van der Waals surface area contributed by atoms with Crippen LogP contribution in [0.4, 0.5) is 0 Å². The Hall–Kier alpha value is -1.54. The summed E-state index contributed by atoms with van der Waals surface area (Å²) in [5.74, 6) is 1.41. The minimum atomic E-state index is 0. The van der Waals surface area contributed by atoms with Gasteiger partial charge < -0.3 is 15.0 Å². The van der Waals surface area contributed by atoms with Crippen molar-refractivity contribution in [2.24, 2.45) is 4.99 Å². The van der Waals surface area contributed by atoms with Gasteiger partial charge in [-0.05, 0) is 29.3 Å². The second-order valence-corrected chi connectivity index (χ2v) is 5.53. The molecule has 0 saturated heterocycles. The van der Waals surface area contributed by atoms with Gasteiger partial charge in [0.2, 0.25) is 5.88 Å². The summed E-state index contributed by atoms with van der Waals surface area (Å²) in [6.07, 6.45) is 1.73. The third-order valence-electron chi connectivity index (χ3n) is 3.34. The summed E-state index contributed by atoms with van der Waals surface area (Å²) in [5.41, 5.74) is 2.21. The number of nitrogens with one attached hydrogen (secondary N) is 1. The number of aromatic nitrogens is 1. The zero-order chi connectivity index (χ0) is 16.7. The molecule has 130 valence electrons. The molecule has 1 heterocycles. The van der Waals surface area contributed by atoms with E-state index in [0.717, 1.165) is 28.7 Å². The number of hydrogen-bond acceptors (Lipinski definition) is 3. The van der Waals surface area contributed by atoms with Crippen molar-refractivity contribution < 1.29 is 4.74 Å². The molecule has 0 aliphatic heterocycles. The summed E-state index contributed by atoms with van der Waals surface area (Å²) >= 11 is 6.03. The van der Waals surface area contributed by atoms with Crippen LogP contribution in [0.5, 0.6) is 5.88 Å². The van der Waals surface area contributed by atoms with Gasteiger partial charge in [0.25, 0.3) is 0 Å². The smallest absolute Gasteiger partial charge is 0.213 e. The summed E-state index contributed by atoms with van der Waals surface area (Å²) in [6, 6.07) is 11.7. The minimum absolute atomic E-state index is 0. The molecule has 0 bridgehead atoms. The van der Waals surface area contributed by atoms with Crippen molar-refractivity contribution in [2.75, 3.05) is 21.2 Å². The average molecular weight is 461 g/mol. The molecule has 2 rings (SSSR count). The highest BCUT2D eigenvalue weighted by molar-refractivity contribution is 14.0. The molecule has 0 unspecified atom stereocenters. The highest BCUT2D eigenvalue weighted by Gasteiger charge is 2.07. The van der Waals surface area contributed by atoms with Gasteiger partial charge >= 0.3 is 0 Å². The lowest BCUT2D eigenvalue weighted by molar-refractivity contribution is 0.397. The van der Waals surface area contributed by atoms with Crippen LogP contribution < -0.4 is 10.1 Å². The normalized spacial score (nSPS) is 10.8. The molecule has 0 amide bonds. The summed E-state index contributed by atoms with van der Waals surface area (Å²) < 4.78 is 5.13. The SMILES string of the molecule is CN=C(NCc1ccnc(OC)c1)N(C)Cc1cccc(Cl)c1.I. The Labute approximate surface area is 165 Å². The number of nitrogens with zero attached hydrogens (tertiary/aromatic N) is 3. The first-order valence-corrected chi connectivity index (χ1v) is 7.65. The second-order valence-electron chi connectivity index (χ2n) is 5.09. The van der Waals surface area contributed by atoms with Gasteiger partial charge in [-0.1, -0.05) is 23.7 Å². The molecule has 0 aliphatic carbocycles. The fraction of sp³-hybridized carbons (Fsp3) is 0.294. The van der Waals surface area contributed by atoms with Crippen LogP contribution in [-0.4, -0.2) is 37.0 Å². The summed E-state index contributed by atoms with van der Waals surface area (Å²) in [7, 11) is 5.37. The van der Waals surface area contributed by atoms with Crippen molar-refractivity contribution in [1.29, 1.82) is 0 Å². The van der Waals surface area contributed by atoms with E-state index < -0.39 is 0 Å². The van der Waals surface area contributed by atoms with E-state index in [1.165, 1.54) is 0 Å². The second kappa shape index (κ2) is 10.4. The number of ether oxygens (including phenoxy) is 1. The van der Waals surface area contributed by atoms with Gasteiger partial charge in [-0.15, -0.1) is 24.0 Å². The fourth-order valence-corrected chi connectivity index (χ4v) is 2.43. The number of methoxy groups -OCH3 is 1. The molecule has 0 radical (unpaired) electrons. The molecule has 1 aromatic heterocycles. The largest absolute Gasteiger partial charge is 0.481 e. The van der Waals surface area contributed by atoms with Crippen molar-refractivity contribution >= 4 is 41.5 Å². The lowest BCUT2D eigenvalue weighted by atomic mass is 10.2. The summed E-state index contributed by atoms with van der Waals surface area (Å²) in [4.78, 5) is 10.5. The number of benzene rings is 1. The number of aliphatic imine (C=N–C) groups is 1. The maximum atomic E-state index is 6.03. The standard InChI is InChI=1S/C17H21ClN4O.HI/c1-19-17(21-11-13-7-8-20-16(10-13)23-3)22(2)12-14-5-4-6-15(18)9-14;/h4-10H,11-12H2,1-3H3,(H,19,21);1H. The molecular weight excluding hydrogens is 439 g/mol. The summed E-state index contributed by atoms with van der Waals surface area (Å²) in [6.45, 7) is 1.37. The van der Waals surface area contributed by atoms with Crippen LogP contribution in [0.3, 0.4) is 0 Å². The van der Waals surface area contributed by atoms with E-state index in [9.17, 15) is 0 Å². The Morgan fingerprint density at radius 2 is 2.08 bits per heavy atom. The zero-order valence-electron chi connectivity index (χ0n) is 14.0. The molecule has 7 heteroatoms. The Bertz CT molecular complexity index is 681. The van der Waals surface area contributed by atoms with E-state index in [2.05, 4.69) is 15.3 Å². The van der Waals surface area contributed by atoms with Crippen molar-refractivity contribution in [3.63, 3.8) is 0 Å². The van der Waals surface area contributed by atoms with Gasteiger partial charge in [-0.25, -0.2) is 4.98 Å². The van der Waals surface area contributed by atoms with Crippen molar-refractivity contribution in [1.82, 2.24) is 15.2 Å². The molecule has 2 aromatic rings. The zero-order valence-corrected chi connectivity index (χ0v) is 17.1. The quantitative estimate of drug-likeness (QED) is 0.421. The van der Waals surface area contributed by atoms with Crippen LogP contribution in [0.1, 0.15) is 11.1 Å². The predicted molar refractivity (Wildman–Crippen MR) is 109 cm³/mol. The molecule has 1 N–H and O–H groups in total. The molecule has 0 atom stereocenters. The van der Waals surface area contributed by atoms with Crippen LogP contribution >= 0.6 is 35.6 Å². The molecule has 0 fully saturated rings. The third kappa shape index (κ3) is 6.16. The van der Waals surface area contributed by atoms with Gasteiger partial charge in [-0.2, -0.15) is 0 Å². The molecule has 24 heavy (non-hydrogen) atoms. The highest BCUT2D eigenvalue weighted by Crippen LogP contribution is 2.12. The highest BCUT2D eigenvalue weighted by atomic mass is 127. The van der Waals surface area contributed by atoms with Gasteiger partial charge in [0.05, 0.1) is 7.11 Å². The third-order valence-corrected chi connectivity index (χ3v) is 3.58. The molecule has 0 saturated carbocycles. The van der Waals surface area contributed by atoms with E-state index in [4.69, 9.17) is 16.3 Å². The first-order valence-electron chi connectivity index (χ1n) is 7.27. The first-order chi connectivity index (χ1) is 11.1. The molecule has 0 aliphatic rings. The van der Waals surface area contributed by atoms with E-state index in [0.29, 0.717) is 12.4 Å². The fourth-order valence-electron chi connectivity index (χ4n) is 2.22. The number of rotatable bonds is 5. The Morgan fingerprint density at radius 1 is 1.29 bits per heavy atom. The van der Waals surface area contributed by atoms with Crippen LogP contribution in [-0.2, 0) is 13.1 Å².